The Kier molecular flexibility index (Phi) is 12.0. The molecule has 0 aliphatic heterocycles. The minimum atomic E-state index is -4.80. The van der Waals surface area contributed by atoms with Gasteiger partial charge in [-0.1, -0.05) is 24.3 Å². The number of methoxy groups -OCH3 is 3. The number of ether oxygens (including phenoxy) is 3. The van der Waals surface area contributed by atoms with Gasteiger partial charge in [0, 0.05) is 29.6 Å². The second-order valence-corrected chi connectivity index (χ2v) is 6.04. The molecule has 1 N–H and O–H groups in total. The van der Waals surface area contributed by atoms with E-state index in [2.05, 4.69) is 4.52 Å². The van der Waals surface area contributed by atoms with Gasteiger partial charge in [-0.05, 0) is 35.4 Å². The largest absolute Gasteiger partial charge is 1.00 e. The second kappa shape index (κ2) is 12.2. The topological polar surface area (TPSA) is 97.3 Å². The number of hydrogen-bond acceptors (Lipinski definition) is 6. The molecule has 2 aromatic rings. The third kappa shape index (κ3) is 8.20. The Hall–Kier alpha value is -0.470. The monoisotopic (exact) mass is 411 g/mol. The molecule has 0 bridgehead atoms. The van der Waals surface area contributed by atoms with Crippen molar-refractivity contribution in [3.8, 4) is 23.0 Å². The molecule has 2 aromatic carbocycles. The third-order valence-corrected chi connectivity index (χ3v) is 3.70. The van der Waals surface area contributed by atoms with E-state index in [1.807, 2.05) is 12.2 Å². The Morgan fingerprint density at radius 2 is 1.41 bits per heavy atom. The van der Waals surface area contributed by atoms with Crippen LogP contribution in [0.15, 0.2) is 36.4 Å². The fourth-order valence-electron chi connectivity index (χ4n) is 2.16. The average Bonchev–Trinajstić information content (AvgIpc) is 2.58. The summed E-state index contributed by atoms with van der Waals surface area (Å²) < 4.78 is 30.9. The first kappa shape index (κ1) is 26.5. The van der Waals surface area contributed by atoms with E-state index in [1.54, 1.807) is 38.5 Å². The van der Waals surface area contributed by atoms with Gasteiger partial charge < -0.3 is 28.5 Å². The summed E-state index contributed by atoms with van der Waals surface area (Å²) in [6, 6.07) is 9.79. The van der Waals surface area contributed by atoms with E-state index in [-0.39, 0.29) is 64.9 Å². The Labute approximate surface area is 202 Å². The van der Waals surface area contributed by atoms with Crippen LogP contribution in [0.25, 0.3) is 12.2 Å². The van der Waals surface area contributed by atoms with Crippen molar-refractivity contribution in [3.63, 3.8) is 0 Å². The maximum absolute atomic E-state index is 10.7. The zero-order chi connectivity index (χ0) is 18.4. The summed E-state index contributed by atoms with van der Waals surface area (Å²) in [4.78, 5) is 19.3. The summed E-state index contributed by atoms with van der Waals surface area (Å²) in [6.07, 6.45) is 3.66. The average molecular weight is 411 g/mol. The van der Waals surface area contributed by atoms with Crippen LogP contribution in [0.2, 0.25) is 0 Å². The molecule has 7 nitrogen and oxygen atoms in total. The van der Waals surface area contributed by atoms with Crippen molar-refractivity contribution in [3.05, 3.63) is 47.5 Å². The van der Waals surface area contributed by atoms with Crippen LogP contribution in [0.1, 0.15) is 11.1 Å². The summed E-state index contributed by atoms with van der Waals surface area (Å²) in [5.74, 6) is 1.62. The van der Waals surface area contributed by atoms with Gasteiger partial charge in [-0.25, -0.2) is 0 Å². The maximum Gasteiger partial charge on any atom is 1.00 e. The van der Waals surface area contributed by atoms with Crippen LogP contribution < -0.4 is 53.2 Å². The number of benzene rings is 2. The zero-order valence-electron chi connectivity index (χ0n) is 16.0. The molecule has 10 heteroatoms. The van der Waals surface area contributed by atoms with Gasteiger partial charge in [-0.2, -0.15) is 0 Å². The van der Waals surface area contributed by atoms with Crippen LogP contribution in [-0.2, 0) is 4.57 Å². The van der Waals surface area contributed by atoms with Crippen molar-refractivity contribution in [2.24, 2.45) is 0 Å². The van der Waals surface area contributed by atoms with Crippen molar-refractivity contribution in [2.75, 3.05) is 21.3 Å². The number of phosphoric ester groups is 1. The van der Waals surface area contributed by atoms with Gasteiger partial charge in [0.15, 0.2) is 11.5 Å². The van der Waals surface area contributed by atoms with Gasteiger partial charge in [-0.15, -0.1) is 0 Å². The molecule has 0 saturated carbocycles. The van der Waals surface area contributed by atoms with E-state index >= 15 is 0 Å². The molecule has 135 valence electrons. The van der Waals surface area contributed by atoms with Crippen LogP contribution in [-0.4, -0.2) is 55.8 Å². The van der Waals surface area contributed by atoms with Crippen molar-refractivity contribution in [2.45, 2.75) is 0 Å². The molecule has 0 aliphatic rings. The van der Waals surface area contributed by atoms with Gasteiger partial charge >= 0.3 is 37.4 Å². The van der Waals surface area contributed by atoms with E-state index in [0.29, 0.717) is 17.2 Å². The van der Waals surface area contributed by atoms with Crippen molar-refractivity contribution < 1.29 is 62.6 Å². The first-order chi connectivity index (χ1) is 11.9. The Morgan fingerprint density at radius 1 is 0.926 bits per heavy atom. The van der Waals surface area contributed by atoms with E-state index in [4.69, 9.17) is 19.1 Å². The zero-order valence-corrected chi connectivity index (χ0v) is 20.9. The fourth-order valence-corrected chi connectivity index (χ4v) is 2.55. The third-order valence-electron chi connectivity index (χ3n) is 3.26. The summed E-state index contributed by atoms with van der Waals surface area (Å²) in [6.45, 7) is 0. The predicted octanol–water partition coefficient (Wildman–Crippen LogP) is -0.654. The number of hydrogen-bond donors (Lipinski definition) is 1. The first-order valence-electron chi connectivity index (χ1n) is 7.18. The Balaban J connectivity index is 0.00000338. The quantitative estimate of drug-likeness (QED) is 0.367. The maximum atomic E-state index is 10.7. The fraction of sp³-hybridized carbons (Fsp3) is 0.176. The molecule has 0 saturated heterocycles. The minimum Gasteiger partial charge on any atom is -0.746 e. The van der Waals surface area contributed by atoms with Crippen molar-refractivity contribution >= 4 is 49.5 Å². The van der Waals surface area contributed by atoms with Crippen LogP contribution in [0.3, 0.4) is 0 Å². The molecule has 0 amide bonds. The summed E-state index contributed by atoms with van der Waals surface area (Å²) in [5, 5.41) is 0. The van der Waals surface area contributed by atoms with Crippen LogP contribution >= 0.6 is 7.82 Å². The Morgan fingerprint density at radius 3 is 1.81 bits per heavy atom. The van der Waals surface area contributed by atoms with E-state index in [9.17, 15) is 9.46 Å². The van der Waals surface area contributed by atoms with Gasteiger partial charge in [0.05, 0.1) is 21.3 Å². The van der Waals surface area contributed by atoms with Gasteiger partial charge in [0.1, 0.15) is 5.75 Å². The minimum absolute atomic E-state index is 0. The first-order valence-corrected chi connectivity index (χ1v) is 8.67. The van der Waals surface area contributed by atoms with E-state index < -0.39 is 7.82 Å². The number of rotatable bonds is 7. The van der Waals surface area contributed by atoms with Crippen molar-refractivity contribution in [1.82, 2.24) is 0 Å². The summed E-state index contributed by atoms with van der Waals surface area (Å²) >= 11 is 0. The molecular formula is C17H18Na2O7P. The smallest absolute Gasteiger partial charge is 0.746 e. The second-order valence-electron chi connectivity index (χ2n) is 4.92. The standard InChI is InChI=1S/C17H19O7P.2Na/c1-21-15-10-13(11-16(22-2)17(15)23-3)5-4-12-6-8-14(9-7-12)24-25(18,19)20;;/h4-11H,1-3H3,(H2,18,19,20);;/q;;+1/p-1/b5-4-;;. The van der Waals surface area contributed by atoms with Gasteiger partial charge in [0.25, 0.3) is 0 Å². The Bertz CT molecular complexity index is 778. The molecule has 0 aromatic heterocycles. The molecule has 1 atom stereocenters. The molecule has 0 spiro atoms. The van der Waals surface area contributed by atoms with Crippen LogP contribution in [0.4, 0.5) is 0 Å². The van der Waals surface area contributed by atoms with Crippen LogP contribution in [0, 0.1) is 0 Å². The molecule has 0 aliphatic carbocycles. The normalized spacial score (nSPS) is 12.3. The molecule has 0 fully saturated rings. The van der Waals surface area contributed by atoms with E-state index in [1.165, 1.54) is 19.2 Å². The molecule has 0 heterocycles. The molecule has 1 unspecified atom stereocenters. The van der Waals surface area contributed by atoms with Gasteiger partial charge in [-0.3, -0.25) is 4.57 Å². The number of phosphoric acid groups is 1. The molecule has 27 heavy (non-hydrogen) atoms. The molecular weight excluding hydrogens is 393 g/mol. The van der Waals surface area contributed by atoms with E-state index in [0.717, 1.165) is 11.1 Å². The van der Waals surface area contributed by atoms with Crippen molar-refractivity contribution in [1.29, 1.82) is 0 Å². The molecule has 1 radical (unpaired) electrons. The summed E-state index contributed by atoms with van der Waals surface area (Å²) in [5.41, 5.74) is 1.63. The summed E-state index contributed by atoms with van der Waals surface area (Å²) in [7, 11) is -0.183. The van der Waals surface area contributed by atoms with Crippen LogP contribution in [0.5, 0.6) is 23.0 Å². The van der Waals surface area contributed by atoms with Gasteiger partial charge in [0.2, 0.25) is 5.75 Å². The predicted molar refractivity (Wildman–Crippen MR) is 97.7 cm³/mol. The molecule has 2 rings (SSSR count). The SMILES string of the molecule is COc1cc(/C=C\c2ccc(OP(=O)([O-])O)cc2)cc(OC)c1OC.[Na+].[Na].